The maximum absolute atomic E-state index is 6.84. The third kappa shape index (κ3) is 2.23. The smallest absolute Gasteiger partial charge is 0.0605 e. The molecule has 3 heteroatoms. The lowest BCUT2D eigenvalue weighted by Gasteiger charge is -2.34. The molecular formula is C19H19ClN2. The summed E-state index contributed by atoms with van der Waals surface area (Å²) in [7, 11) is 0. The highest BCUT2D eigenvalue weighted by Crippen LogP contribution is 2.39. The van der Waals surface area contributed by atoms with Crippen LogP contribution in [0.3, 0.4) is 0 Å². The van der Waals surface area contributed by atoms with Crippen molar-refractivity contribution < 1.29 is 0 Å². The average molecular weight is 311 g/mol. The molecule has 1 aromatic heterocycles. The molecule has 1 aliphatic rings. The summed E-state index contributed by atoms with van der Waals surface area (Å²) in [5.41, 5.74) is 11.6. The van der Waals surface area contributed by atoms with Crippen molar-refractivity contribution in [3.63, 3.8) is 0 Å². The van der Waals surface area contributed by atoms with Crippen molar-refractivity contribution in [3.8, 4) is 0 Å². The molecule has 4 rings (SSSR count). The standard InChI is InChI=1S/C19H19ClN2/c20-14-9-7-13(8-10-14)12-19(21)11-3-5-16-15-4-1-2-6-17(15)22-18(16)19/h1-2,4,6-10,22H,3,5,11-12,21H2. The maximum atomic E-state index is 6.84. The molecule has 22 heavy (non-hydrogen) atoms. The highest BCUT2D eigenvalue weighted by molar-refractivity contribution is 6.30. The van der Waals surface area contributed by atoms with E-state index in [9.17, 15) is 0 Å². The molecule has 1 atom stereocenters. The van der Waals surface area contributed by atoms with Gasteiger partial charge in [-0.2, -0.15) is 0 Å². The quantitative estimate of drug-likeness (QED) is 0.716. The number of nitrogens with two attached hydrogens (primary N) is 1. The molecule has 2 nitrogen and oxygen atoms in total. The molecule has 0 amide bonds. The van der Waals surface area contributed by atoms with Crippen LogP contribution < -0.4 is 5.73 Å². The van der Waals surface area contributed by atoms with Gasteiger partial charge in [-0.1, -0.05) is 41.9 Å². The van der Waals surface area contributed by atoms with E-state index >= 15 is 0 Å². The number of aromatic nitrogens is 1. The van der Waals surface area contributed by atoms with Crippen LogP contribution >= 0.6 is 11.6 Å². The number of para-hydroxylation sites is 1. The van der Waals surface area contributed by atoms with Gasteiger partial charge in [-0.05, 0) is 55.0 Å². The second-order valence-electron chi connectivity index (χ2n) is 6.34. The van der Waals surface area contributed by atoms with E-state index in [1.807, 2.05) is 12.1 Å². The molecule has 0 saturated heterocycles. The molecule has 0 fully saturated rings. The first kappa shape index (κ1) is 13.9. The van der Waals surface area contributed by atoms with Crippen LogP contribution in [-0.2, 0) is 18.4 Å². The van der Waals surface area contributed by atoms with Gasteiger partial charge < -0.3 is 10.7 Å². The summed E-state index contributed by atoms with van der Waals surface area (Å²) in [4.78, 5) is 3.59. The second kappa shape index (κ2) is 5.15. The molecule has 0 aliphatic heterocycles. The minimum atomic E-state index is -0.319. The summed E-state index contributed by atoms with van der Waals surface area (Å²) in [6.45, 7) is 0. The Bertz CT molecular complexity index is 819. The zero-order valence-electron chi connectivity index (χ0n) is 12.4. The van der Waals surface area contributed by atoms with E-state index in [4.69, 9.17) is 17.3 Å². The fraction of sp³-hybridized carbons (Fsp3) is 0.263. The van der Waals surface area contributed by atoms with Gasteiger partial charge in [0.05, 0.1) is 5.54 Å². The Labute approximate surface area is 135 Å². The fourth-order valence-corrected chi connectivity index (χ4v) is 3.86. The predicted octanol–water partition coefficient (Wildman–Crippen LogP) is 4.55. The predicted molar refractivity (Wildman–Crippen MR) is 92.3 cm³/mol. The number of benzene rings is 2. The summed E-state index contributed by atoms with van der Waals surface area (Å²) >= 11 is 5.99. The van der Waals surface area contributed by atoms with Gasteiger partial charge in [-0.3, -0.25) is 0 Å². The molecule has 0 radical (unpaired) electrons. The molecule has 1 heterocycles. The first-order chi connectivity index (χ1) is 10.7. The molecular weight excluding hydrogens is 292 g/mol. The van der Waals surface area contributed by atoms with Crippen LogP contribution in [-0.4, -0.2) is 4.98 Å². The van der Waals surface area contributed by atoms with Gasteiger partial charge in [0, 0.05) is 21.6 Å². The summed E-state index contributed by atoms with van der Waals surface area (Å²) < 4.78 is 0. The van der Waals surface area contributed by atoms with Crippen molar-refractivity contribution in [1.82, 2.24) is 4.98 Å². The van der Waals surface area contributed by atoms with Crippen molar-refractivity contribution >= 4 is 22.5 Å². The molecule has 0 saturated carbocycles. The van der Waals surface area contributed by atoms with Crippen LogP contribution in [0.25, 0.3) is 10.9 Å². The SMILES string of the molecule is NC1(Cc2ccc(Cl)cc2)CCCc2c1[nH]c1ccccc21. The van der Waals surface area contributed by atoms with Gasteiger partial charge in [-0.25, -0.2) is 0 Å². The highest BCUT2D eigenvalue weighted by atomic mass is 35.5. The number of halogens is 1. The van der Waals surface area contributed by atoms with Crippen LogP contribution in [0.15, 0.2) is 48.5 Å². The van der Waals surface area contributed by atoms with Crippen molar-refractivity contribution in [3.05, 3.63) is 70.4 Å². The minimum Gasteiger partial charge on any atom is -0.357 e. The Morgan fingerprint density at radius 3 is 2.68 bits per heavy atom. The summed E-state index contributed by atoms with van der Waals surface area (Å²) in [5.74, 6) is 0. The number of hydrogen-bond donors (Lipinski definition) is 2. The number of nitrogens with one attached hydrogen (secondary N) is 1. The normalized spacial score (nSPS) is 21.0. The highest BCUT2D eigenvalue weighted by Gasteiger charge is 2.35. The third-order valence-corrected chi connectivity index (χ3v) is 5.05. The minimum absolute atomic E-state index is 0.319. The largest absolute Gasteiger partial charge is 0.357 e. The van der Waals surface area contributed by atoms with Gasteiger partial charge >= 0.3 is 0 Å². The van der Waals surface area contributed by atoms with Gasteiger partial charge in [0.25, 0.3) is 0 Å². The van der Waals surface area contributed by atoms with Crippen LogP contribution in [0.5, 0.6) is 0 Å². The van der Waals surface area contributed by atoms with Crippen molar-refractivity contribution in [2.24, 2.45) is 5.73 Å². The van der Waals surface area contributed by atoms with Crippen molar-refractivity contribution in [2.45, 2.75) is 31.2 Å². The van der Waals surface area contributed by atoms with E-state index in [1.54, 1.807) is 0 Å². The van der Waals surface area contributed by atoms with Gasteiger partial charge in [-0.15, -0.1) is 0 Å². The van der Waals surface area contributed by atoms with Crippen LogP contribution in [0.2, 0.25) is 5.02 Å². The van der Waals surface area contributed by atoms with Gasteiger partial charge in [0.2, 0.25) is 0 Å². The van der Waals surface area contributed by atoms with E-state index in [-0.39, 0.29) is 5.54 Å². The zero-order valence-corrected chi connectivity index (χ0v) is 13.2. The summed E-state index contributed by atoms with van der Waals surface area (Å²) in [6.07, 6.45) is 4.09. The number of hydrogen-bond acceptors (Lipinski definition) is 1. The molecule has 1 unspecified atom stereocenters. The number of aryl methyl sites for hydroxylation is 1. The maximum Gasteiger partial charge on any atom is 0.0605 e. The lowest BCUT2D eigenvalue weighted by molar-refractivity contribution is 0.362. The van der Waals surface area contributed by atoms with Crippen LogP contribution in [0.1, 0.15) is 29.7 Å². The first-order valence-corrected chi connectivity index (χ1v) is 8.17. The van der Waals surface area contributed by atoms with Crippen LogP contribution in [0, 0.1) is 0 Å². The molecule has 1 aliphatic carbocycles. The monoisotopic (exact) mass is 310 g/mol. The molecule has 3 aromatic rings. The van der Waals surface area contributed by atoms with E-state index in [0.717, 1.165) is 30.7 Å². The third-order valence-electron chi connectivity index (χ3n) is 4.79. The number of aromatic amines is 1. The molecule has 0 bridgehead atoms. The molecule has 112 valence electrons. The zero-order chi connectivity index (χ0) is 15.2. The van der Waals surface area contributed by atoms with Crippen molar-refractivity contribution in [1.29, 1.82) is 0 Å². The van der Waals surface area contributed by atoms with E-state index in [0.29, 0.717) is 0 Å². The van der Waals surface area contributed by atoms with E-state index in [1.165, 1.54) is 27.7 Å². The van der Waals surface area contributed by atoms with Gasteiger partial charge in [0.15, 0.2) is 0 Å². The van der Waals surface area contributed by atoms with E-state index in [2.05, 4.69) is 41.4 Å². The number of fused-ring (bicyclic) bond motifs is 3. The van der Waals surface area contributed by atoms with E-state index < -0.39 is 0 Å². The topological polar surface area (TPSA) is 41.8 Å². The fourth-order valence-electron chi connectivity index (χ4n) is 3.73. The molecule has 2 aromatic carbocycles. The molecule has 3 N–H and O–H groups in total. The lowest BCUT2D eigenvalue weighted by Crippen LogP contribution is -2.42. The number of H-pyrrole nitrogens is 1. The van der Waals surface area contributed by atoms with Crippen molar-refractivity contribution in [2.75, 3.05) is 0 Å². The Balaban J connectivity index is 1.78. The van der Waals surface area contributed by atoms with Crippen LogP contribution in [0.4, 0.5) is 0 Å². The Morgan fingerprint density at radius 2 is 1.86 bits per heavy atom. The summed E-state index contributed by atoms with van der Waals surface area (Å²) in [6, 6.07) is 16.5. The molecule has 0 spiro atoms. The second-order valence-corrected chi connectivity index (χ2v) is 6.77. The lowest BCUT2D eigenvalue weighted by atomic mass is 9.77. The number of rotatable bonds is 2. The summed E-state index contributed by atoms with van der Waals surface area (Å²) in [5, 5.41) is 2.09. The Kier molecular flexibility index (Phi) is 3.24. The first-order valence-electron chi connectivity index (χ1n) is 7.79. The average Bonchev–Trinajstić information content (AvgIpc) is 2.91. The Hall–Kier alpha value is -1.77. The Morgan fingerprint density at radius 1 is 1.09 bits per heavy atom. The van der Waals surface area contributed by atoms with Gasteiger partial charge in [0.1, 0.15) is 0 Å².